The van der Waals surface area contributed by atoms with Gasteiger partial charge in [-0.15, -0.1) is 0 Å². The summed E-state index contributed by atoms with van der Waals surface area (Å²) in [4.78, 5) is 28.0. The molecule has 0 N–H and O–H groups in total. The molecule has 0 amide bonds. The summed E-state index contributed by atoms with van der Waals surface area (Å²) in [6.07, 6.45) is 1.28. The molecular weight excluding hydrogens is 419 g/mol. The van der Waals surface area contributed by atoms with Crippen molar-refractivity contribution in [1.82, 2.24) is 4.90 Å². The van der Waals surface area contributed by atoms with Crippen LogP contribution in [0.4, 0.5) is 10.1 Å². The molecule has 4 rings (SSSR count). The van der Waals surface area contributed by atoms with E-state index in [1.54, 1.807) is 18.2 Å². The molecule has 1 fully saturated rings. The third kappa shape index (κ3) is 5.00. The lowest BCUT2D eigenvalue weighted by Gasteiger charge is -2.35. The monoisotopic (exact) mass is 442 g/mol. The topological polar surface area (TPSA) is 85.4 Å². The third-order valence-corrected chi connectivity index (χ3v) is 5.22. The van der Waals surface area contributed by atoms with Gasteiger partial charge in [0.1, 0.15) is 30.2 Å². The number of nitrogens with zero attached hydrogens (tertiary/aromatic N) is 2. The maximum Gasteiger partial charge on any atom is 0.373 e. The number of ether oxygens (including phenoxy) is 2. The SMILES string of the molecule is COC(=O)c1ccc(COc2coc(CN3CCN(c4ccccc4F)CC3)cc2=O)o1. The number of furan rings is 1. The van der Waals surface area contributed by atoms with E-state index in [0.29, 0.717) is 36.8 Å². The van der Waals surface area contributed by atoms with Gasteiger partial charge in [0.05, 0.1) is 19.3 Å². The highest BCUT2D eigenvalue weighted by Crippen LogP contribution is 2.21. The van der Waals surface area contributed by atoms with Gasteiger partial charge in [0, 0.05) is 32.2 Å². The van der Waals surface area contributed by atoms with Crippen molar-refractivity contribution in [3.05, 3.63) is 82.0 Å². The second-order valence-electron chi connectivity index (χ2n) is 7.34. The Kier molecular flexibility index (Phi) is 6.55. The molecule has 1 aromatic carbocycles. The van der Waals surface area contributed by atoms with Gasteiger partial charge in [-0.3, -0.25) is 9.69 Å². The van der Waals surface area contributed by atoms with Gasteiger partial charge >= 0.3 is 5.97 Å². The minimum atomic E-state index is -0.588. The third-order valence-electron chi connectivity index (χ3n) is 5.22. The van der Waals surface area contributed by atoms with Crippen LogP contribution in [0.3, 0.4) is 0 Å². The Balaban J connectivity index is 1.30. The van der Waals surface area contributed by atoms with Gasteiger partial charge in [0.2, 0.25) is 16.9 Å². The Hall–Kier alpha value is -3.59. The lowest BCUT2D eigenvalue weighted by Crippen LogP contribution is -2.46. The van der Waals surface area contributed by atoms with Gasteiger partial charge in [-0.1, -0.05) is 12.1 Å². The zero-order valence-corrected chi connectivity index (χ0v) is 17.6. The molecular formula is C23H23FN2O6. The molecule has 2 aromatic heterocycles. The van der Waals surface area contributed by atoms with Gasteiger partial charge < -0.3 is 23.2 Å². The quantitative estimate of drug-likeness (QED) is 0.516. The van der Waals surface area contributed by atoms with E-state index in [9.17, 15) is 14.0 Å². The highest BCUT2D eigenvalue weighted by molar-refractivity contribution is 5.86. The van der Waals surface area contributed by atoms with Crippen molar-refractivity contribution in [2.75, 3.05) is 38.2 Å². The van der Waals surface area contributed by atoms with Crippen molar-refractivity contribution in [2.45, 2.75) is 13.2 Å². The fourth-order valence-electron chi connectivity index (χ4n) is 3.52. The van der Waals surface area contributed by atoms with Crippen molar-refractivity contribution in [1.29, 1.82) is 0 Å². The summed E-state index contributed by atoms with van der Waals surface area (Å²) >= 11 is 0. The number of methoxy groups -OCH3 is 1. The van der Waals surface area contributed by atoms with E-state index in [-0.39, 0.29) is 29.4 Å². The van der Waals surface area contributed by atoms with Crippen LogP contribution in [0.2, 0.25) is 0 Å². The van der Waals surface area contributed by atoms with Gasteiger partial charge in [-0.05, 0) is 24.3 Å². The molecule has 3 aromatic rings. The maximum atomic E-state index is 14.0. The number of halogens is 1. The number of benzene rings is 1. The number of carbonyl (C=O) groups excluding carboxylic acids is 1. The Morgan fingerprint density at radius 2 is 1.88 bits per heavy atom. The van der Waals surface area contributed by atoms with E-state index in [1.807, 2.05) is 11.0 Å². The fraction of sp³-hybridized carbons (Fsp3) is 0.304. The van der Waals surface area contributed by atoms with Crippen molar-refractivity contribution < 1.29 is 27.5 Å². The number of hydrogen-bond acceptors (Lipinski definition) is 8. The van der Waals surface area contributed by atoms with Crippen LogP contribution in [0.1, 0.15) is 22.1 Å². The van der Waals surface area contributed by atoms with Crippen molar-refractivity contribution in [3.8, 4) is 5.75 Å². The van der Waals surface area contributed by atoms with E-state index in [0.717, 1.165) is 13.1 Å². The summed E-state index contributed by atoms with van der Waals surface area (Å²) in [5.41, 5.74) is 0.298. The lowest BCUT2D eigenvalue weighted by molar-refractivity contribution is 0.0561. The molecule has 9 heteroatoms. The van der Waals surface area contributed by atoms with Gasteiger partial charge in [0.25, 0.3) is 0 Å². The van der Waals surface area contributed by atoms with Crippen LogP contribution in [-0.4, -0.2) is 44.2 Å². The Labute approximate surface area is 183 Å². The Bertz CT molecular complexity index is 1130. The van der Waals surface area contributed by atoms with Crippen LogP contribution < -0.4 is 15.1 Å². The van der Waals surface area contributed by atoms with Crippen LogP contribution in [0.5, 0.6) is 5.75 Å². The number of piperazine rings is 1. The lowest BCUT2D eigenvalue weighted by atomic mass is 10.2. The van der Waals surface area contributed by atoms with Crippen LogP contribution in [0, 0.1) is 5.82 Å². The highest BCUT2D eigenvalue weighted by Gasteiger charge is 2.20. The second-order valence-corrected chi connectivity index (χ2v) is 7.34. The second kappa shape index (κ2) is 9.69. The summed E-state index contributed by atoms with van der Waals surface area (Å²) in [7, 11) is 1.26. The highest BCUT2D eigenvalue weighted by atomic mass is 19.1. The van der Waals surface area contributed by atoms with Crippen molar-refractivity contribution in [2.24, 2.45) is 0 Å². The minimum absolute atomic E-state index is 0.0287. The number of carbonyl (C=O) groups is 1. The number of rotatable bonds is 7. The summed E-state index contributed by atoms with van der Waals surface area (Å²) in [5.74, 6) is 0.195. The van der Waals surface area contributed by atoms with Gasteiger partial charge in [0.15, 0.2) is 0 Å². The zero-order valence-electron chi connectivity index (χ0n) is 17.6. The van der Waals surface area contributed by atoms with E-state index in [2.05, 4.69) is 9.64 Å². The van der Waals surface area contributed by atoms with Gasteiger partial charge in [-0.25, -0.2) is 9.18 Å². The smallest absolute Gasteiger partial charge is 0.373 e. The summed E-state index contributed by atoms with van der Waals surface area (Å²) < 4.78 is 34.9. The molecule has 0 atom stereocenters. The first-order valence-electron chi connectivity index (χ1n) is 10.2. The number of hydrogen-bond donors (Lipinski definition) is 0. The number of anilines is 1. The molecule has 3 heterocycles. The largest absolute Gasteiger partial charge is 0.479 e. The molecule has 1 aliphatic heterocycles. The maximum absolute atomic E-state index is 14.0. The molecule has 0 radical (unpaired) electrons. The van der Waals surface area contributed by atoms with E-state index in [1.165, 1.54) is 31.6 Å². The van der Waals surface area contributed by atoms with E-state index >= 15 is 0 Å². The Morgan fingerprint density at radius 1 is 1.09 bits per heavy atom. The number of para-hydroxylation sites is 1. The minimum Gasteiger partial charge on any atom is -0.479 e. The van der Waals surface area contributed by atoms with Crippen molar-refractivity contribution in [3.63, 3.8) is 0 Å². The first-order valence-corrected chi connectivity index (χ1v) is 10.2. The number of esters is 1. The van der Waals surface area contributed by atoms with E-state index < -0.39 is 5.97 Å². The molecule has 0 unspecified atom stereocenters. The molecule has 168 valence electrons. The molecule has 32 heavy (non-hydrogen) atoms. The fourth-order valence-corrected chi connectivity index (χ4v) is 3.52. The first-order chi connectivity index (χ1) is 15.5. The molecule has 0 bridgehead atoms. The van der Waals surface area contributed by atoms with Gasteiger partial charge in [-0.2, -0.15) is 0 Å². The zero-order chi connectivity index (χ0) is 22.5. The predicted molar refractivity (Wildman–Crippen MR) is 113 cm³/mol. The first kappa shape index (κ1) is 21.6. The van der Waals surface area contributed by atoms with Crippen LogP contribution >= 0.6 is 0 Å². The standard InChI is InChI=1S/C23H23FN2O6/c1-29-23(28)21-7-6-16(32-21)14-31-22-15-30-17(12-20(22)27)13-25-8-10-26(11-9-25)19-5-3-2-4-18(19)24/h2-7,12,15H,8-11,13-14H2,1H3. The molecule has 1 saturated heterocycles. The average Bonchev–Trinajstić information content (AvgIpc) is 3.28. The average molecular weight is 442 g/mol. The van der Waals surface area contributed by atoms with Crippen LogP contribution in [-0.2, 0) is 17.9 Å². The van der Waals surface area contributed by atoms with Crippen LogP contribution in [0.25, 0.3) is 0 Å². The summed E-state index contributed by atoms with van der Waals surface area (Å²) in [6.45, 7) is 3.25. The molecule has 0 aliphatic carbocycles. The molecule has 8 nitrogen and oxygen atoms in total. The summed E-state index contributed by atoms with van der Waals surface area (Å²) in [6, 6.07) is 11.2. The van der Waals surface area contributed by atoms with Crippen LogP contribution in [0.15, 0.2) is 62.4 Å². The predicted octanol–water partition coefficient (Wildman–Crippen LogP) is 3.06. The van der Waals surface area contributed by atoms with E-state index in [4.69, 9.17) is 13.6 Å². The molecule has 0 spiro atoms. The normalized spacial score (nSPS) is 14.4. The molecule has 1 aliphatic rings. The van der Waals surface area contributed by atoms with Crippen molar-refractivity contribution >= 4 is 11.7 Å². The Morgan fingerprint density at radius 3 is 2.59 bits per heavy atom. The molecule has 0 saturated carbocycles. The summed E-state index contributed by atoms with van der Waals surface area (Å²) in [5, 5.41) is 0.